The van der Waals surface area contributed by atoms with Gasteiger partial charge in [-0.1, -0.05) is 36.4 Å². The Labute approximate surface area is 154 Å². The number of rotatable bonds is 6. The van der Waals surface area contributed by atoms with Crippen LogP contribution in [-0.2, 0) is 16.1 Å². The normalized spacial score (nSPS) is 10.4. The molecule has 0 radical (unpaired) electrons. The standard InChI is InChI=1S/C20H17NO6/c1-25-16-8-4-3-7-14(16)11-21-18(22)12-26-19(23)15-10-13-6-2-5-9-17(13)27-20(15)24/h2-10H,11-12H2,1H3,(H,21,22). The van der Waals surface area contributed by atoms with Crippen LogP contribution in [0.25, 0.3) is 11.0 Å². The number of hydrogen-bond acceptors (Lipinski definition) is 6. The predicted molar refractivity (Wildman–Crippen MR) is 97.6 cm³/mol. The molecule has 0 unspecified atom stereocenters. The smallest absolute Gasteiger partial charge is 0.351 e. The fourth-order valence-electron chi connectivity index (χ4n) is 2.51. The van der Waals surface area contributed by atoms with E-state index in [1.165, 1.54) is 13.2 Å². The molecule has 0 fully saturated rings. The SMILES string of the molecule is COc1ccccc1CNC(=O)COC(=O)c1cc2ccccc2oc1=O. The summed E-state index contributed by atoms with van der Waals surface area (Å²) in [5.74, 6) is -0.773. The van der Waals surface area contributed by atoms with E-state index < -0.39 is 24.1 Å². The Kier molecular flexibility index (Phi) is 5.51. The molecule has 0 saturated carbocycles. The van der Waals surface area contributed by atoms with E-state index in [1.54, 1.807) is 30.3 Å². The van der Waals surface area contributed by atoms with E-state index in [-0.39, 0.29) is 12.1 Å². The molecule has 0 saturated heterocycles. The maximum absolute atomic E-state index is 12.1. The van der Waals surface area contributed by atoms with Crippen molar-refractivity contribution in [2.24, 2.45) is 0 Å². The summed E-state index contributed by atoms with van der Waals surface area (Å²) in [6.45, 7) is -0.293. The Morgan fingerprint density at radius 3 is 2.63 bits per heavy atom. The molecule has 3 aromatic rings. The van der Waals surface area contributed by atoms with Crippen molar-refractivity contribution in [3.63, 3.8) is 0 Å². The summed E-state index contributed by atoms with van der Waals surface area (Å²) < 4.78 is 15.2. The van der Waals surface area contributed by atoms with Crippen LogP contribution in [0.5, 0.6) is 5.75 Å². The van der Waals surface area contributed by atoms with E-state index >= 15 is 0 Å². The highest BCUT2D eigenvalue weighted by molar-refractivity contribution is 5.94. The number of carbonyl (C=O) groups excluding carboxylic acids is 2. The molecule has 27 heavy (non-hydrogen) atoms. The number of esters is 1. The van der Waals surface area contributed by atoms with Crippen LogP contribution in [0.2, 0.25) is 0 Å². The van der Waals surface area contributed by atoms with E-state index in [2.05, 4.69) is 5.32 Å². The molecular formula is C20H17NO6. The van der Waals surface area contributed by atoms with Gasteiger partial charge in [-0.15, -0.1) is 0 Å². The fraction of sp³-hybridized carbons (Fsp3) is 0.150. The van der Waals surface area contributed by atoms with Crippen molar-refractivity contribution in [1.82, 2.24) is 5.32 Å². The Hall–Kier alpha value is -3.61. The van der Waals surface area contributed by atoms with Gasteiger partial charge in [0, 0.05) is 17.5 Å². The Balaban J connectivity index is 1.59. The zero-order valence-electron chi connectivity index (χ0n) is 14.6. The first-order valence-corrected chi connectivity index (χ1v) is 8.17. The van der Waals surface area contributed by atoms with Crippen molar-refractivity contribution in [2.45, 2.75) is 6.54 Å². The Bertz CT molecular complexity index is 1040. The quantitative estimate of drug-likeness (QED) is 0.530. The summed E-state index contributed by atoms with van der Waals surface area (Å²) in [5.41, 5.74) is 0.0859. The van der Waals surface area contributed by atoms with E-state index in [4.69, 9.17) is 13.9 Å². The summed E-state index contributed by atoms with van der Waals surface area (Å²) in [4.78, 5) is 35.9. The van der Waals surface area contributed by atoms with E-state index in [0.29, 0.717) is 16.7 Å². The maximum atomic E-state index is 12.1. The predicted octanol–water partition coefficient (Wildman–Crippen LogP) is 2.27. The molecule has 0 atom stereocenters. The second kappa shape index (κ2) is 8.18. The number of carbonyl (C=O) groups is 2. The van der Waals surface area contributed by atoms with Crippen LogP contribution < -0.4 is 15.7 Å². The summed E-state index contributed by atoms with van der Waals surface area (Å²) in [7, 11) is 1.54. The first-order valence-electron chi connectivity index (χ1n) is 8.17. The Morgan fingerprint density at radius 1 is 1.07 bits per heavy atom. The van der Waals surface area contributed by atoms with Gasteiger partial charge in [-0.3, -0.25) is 4.79 Å². The molecule has 1 amide bonds. The van der Waals surface area contributed by atoms with Gasteiger partial charge in [0.25, 0.3) is 5.91 Å². The number of methoxy groups -OCH3 is 1. The van der Waals surface area contributed by atoms with Gasteiger partial charge in [0.1, 0.15) is 16.9 Å². The van der Waals surface area contributed by atoms with Crippen LogP contribution in [0, 0.1) is 0 Å². The van der Waals surface area contributed by atoms with Crippen molar-refractivity contribution in [3.05, 3.63) is 76.1 Å². The Morgan fingerprint density at radius 2 is 1.81 bits per heavy atom. The number of benzene rings is 2. The average Bonchev–Trinajstić information content (AvgIpc) is 2.70. The molecule has 2 aromatic carbocycles. The number of para-hydroxylation sites is 2. The van der Waals surface area contributed by atoms with Gasteiger partial charge in [-0.05, 0) is 18.2 Å². The molecule has 0 bridgehead atoms. The number of ether oxygens (including phenoxy) is 2. The second-order valence-electron chi connectivity index (χ2n) is 5.65. The molecule has 0 aliphatic heterocycles. The lowest BCUT2D eigenvalue weighted by Gasteiger charge is -2.09. The van der Waals surface area contributed by atoms with Crippen LogP contribution in [0.1, 0.15) is 15.9 Å². The summed E-state index contributed by atoms with van der Waals surface area (Å²) >= 11 is 0. The molecule has 1 N–H and O–H groups in total. The van der Waals surface area contributed by atoms with Crippen molar-refractivity contribution in [3.8, 4) is 5.75 Å². The first-order chi connectivity index (χ1) is 13.1. The topological polar surface area (TPSA) is 94.8 Å². The van der Waals surface area contributed by atoms with E-state index in [0.717, 1.165) is 5.56 Å². The van der Waals surface area contributed by atoms with Crippen molar-refractivity contribution >= 4 is 22.8 Å². The van der Waals surface area contributed by atoms with Crippen molar-refractivity contribution < 1.29 is 23.5 Å². The molecule has 0 aliphatic rings. The van der Waals surface area contributed by atoms with Gasteiger partial charge in [-0.25, -0.2) is 9.59 Å². The second-order valence-corrected chi connectivity index (χ2v) is 5.65. The highest BCUT2D eigenvalue weighted by atomic mass is 16.5. The number of nitrogens with one attached hydrogen (secondary N) is 1. The monoisotopic (exact) mass is 367 g/mol. The lowest BCUT2D eigenvalue weighted by Crippen LogP contribution is -2.29. The van der Waals surface area contributed by atoms with Gasteiger partial charge in [0.2, 0.25) is 0 Å². The molecule has 0 aliphatic carbocycles. The summed E-state index contributed by atoms with van der Waals surface area (Å²) in [5, 5.41) is 3.21. The summed E-state index contributed by atoms with van der Waals surface area (Å²) in [6, 6.07) is 15.4. The summed E-state index contributed by atoms with van der Waals surface area (Å²) in [6.07, 6.45) is 0. The maximum Gasteiger partial charge on any atom is 0.351 e. The highest BCUT2D eigenvalue weighted by Crippen LogP contribution is 2.16. The van der Waals surface area contributed by atoms with Gasteiger partial charge in [-0.2, -0.15) is 0 Å². The van der Waals surface area contributed by atoms with Crippen LogP contribution in [0.15, 0.2) is 63.8 Å². The van der Waals surface area contributed by atoms with Gasteiger partial charge in [0.05, 0.1) is 7.11 Å². The van der Waals surface area contributed by atoms with Crippen LogP contribution in [-0.4, -0.2) is 25.6 Å². The van der Waals surface area contributed by atoms with Crippen LogP contribution >= 0.6 is 0 Å². The molecule has 0 spiro atoms. The average molecular weight is 367 g/mol. The minimum Gasteiger partial charge on any atom is -0.496 e. The zero-order valence-corrected chi connectivity index (χ0v) is 14.6. The molecule has 7 heteroatoms. The van der Waals surface area contributed by atoms with Crippen LogP contribution in [0.4, 0.5) is 0 Å². The first kappa shape index (κ1) is 18.2. The van der Waals surface area contributed by atoms with E-state index in [1.807, 2.05) is 18.2 Å². The minimum atomic E-state index is -0.915. The molecule has 1 heterocycles. The molecular weight excluding hydrogens is 350 g/mol. The van der Waals surface area contributed by atoms with Gasteiger partial charge < -0.3 is 19.2 Å². The number of fused-ring (bicyclic) bond motifs is 1. The minimum absolute atomic E-state index is 0.221. The number of hydrogen-bond donors (Lipinski definition) is 1. The highest BCUT2D eigenvalue weighted by Gasteiger charge is 2.16. The fourth-order valence-corrected chi connectivity index (χ4v) is 2.51. The largest absolute Gasteiger partial charge is 0.496 e. The van der Waals surface area contributed by atoms with Crippen molar-refractivity contribution in [2.75, 3.05) is 13.7 Å². The van der Waals surface area contributed by atoms with Gasteiger partial charge >= 0.3 is 11.6 Å². The third-order valence-electron chi connectivity index (χ3n) is 3.86. The number of amides is 1. The molecule has 7 nitrogen and oxygen atoms in total. The third-order valence-corrected chi connectivity index (χ3v) is 3.86. The lowest BCUT2D eigenvalue weighted by molar-refractivity contribution is -0.124. The van der Waals surface area contributed by atoms with Gasteiger partial charge in [0.15, 0.2) is 6.61 Å². The van der Waals surface area contributed by atoms with Crippen molar-refractivity contribution in [1.29, 1.82) is 0 Å². The zero-order chi connectivity index (χ0) is 19.2. The third kappa shape index (κ3) is 4.33. The van der Waals surface area contributed by atoms with E-state index in [9.17, 15) is 14.4 Å². The molecule has 138 valence electrons. The van der Waals surface area contributed by atoms with Crippen LogP contribution in [0.3, 0.4) is 0 Å². The lowest BCUT2D eigenvalue weighted by atomic mass is 10.2. The molecule has 1 aromatic heterocycles. The molecule has 3 rings (SSSR count).